The standard InChI is InChI=1S/C8H16O3S2/c1-7(8(9)11-2)6-13(10)5-4-12-3/h7H,4-6H2,1-3H3. The molecule has 0 saturated carbocycles. The van der Waals surface area contributed by atoms with Gasteiger partial charge in [-0.15, -0.1) is 0 Å². The van der Waals surface area contributed by atoms with Crippen LogP contribution in [-0.2, 0) is 20.3 Å². The van der Waals surface area contributed by atoms with Gasteiger partial charge in [0.15, 0.2) is 0 Å². The van der Waals surface area contributed by atoms with Crippen LogP contribution in [0.4, 0.5) is 0 Å². The summed E-state index contributed by atoms with van der Waals surface area (Å²) < 4.78 is 15.9. The summed E-state index contributed by atoms with van der Waals surface area (Å²) in [7, 11) is 0.457. The van der Waals surface area contributed by atoms with Crippen LogP contribution in [0.25, 0.3) is 0 Å². The fourth-order valence-electron chi connectivity index (χ4n) is 0.808. The minimum atomic E-state index is -0.894. The summed E-state index contributed by atoms with van der Waals surface area (Å²) in [6.07, 6.45) is 1.97. The average Bonchev–Trinajstić information content (AvgIpc) is 2.13. The van der Waals surface area contributed by atoms with Gasteiger partial charge in [-0.05, 0) is 6.26 Å². The van der Waals surface area contributed by atoms with Gasteiger partial charge in [0.25, 0.3) is 0 Å². The lowest BCUT2D eigenvalue weighted by Gasteiger charge is -2.07. The first-order valence-corrected chi connectivity index (χ1v) is 6.91. The van der Waals surface area contributed by atoms with Crippen LogP contribution < -0.4 is 0 Å². The highest BCUT2D eigenvalue weighted by Crippen LogP contribution is 2.02. The van der Waals surface area contributed by atoms with Crippen LogP contribution in [0.3, 0.4) is 0 Å². The molecule has 0 fully saturated rings. The third kappa shape index (κ3) is 6.10. The maximum atomic E-state index is 11.3. The van der Waals surface area contributed by atoms with Crippen LogP contribution in [0.1, 0.15) is 6.92 Å². The van der Waals surface area contributed by atoms with Gasteiger partial charge in [0.2, 0.25) is 0 Å². The van der Waals surface area contributed by atoms with Gasteiger partial charge in [0.05, 0.1) is 13.0 Å². The van der Waals surface area contributed by atoms with Gasteiger partial charge in [-0.2, -0.15) is 11.8 Å². The Labute approximate surface area is 86.1 Å². The van der Waals surface area contributed by atoms with Crippen molar-refractivity contribution in [3.63, 3.8) is 0 Å². The normalized spacial score (nSPS) is 15.0. The minimum absolute atomic E-state index is 0.257. The summed E-state index contributed by atoms with van der Waals surface area (Å²) in [5.41, 5.74) is 0. The summed E-state index contributed by atoms with van der Waals surface area (Å²) in [5, 5.41) is 0. The Morgan fingerprint density at radius 1 is 1.62 bits per heavy atom. The Bertz CT molecular complexity index is 182. The summed E-state index contributed by atoms with van der Waals surface area (Å²) in [6.45, 7) is 1.74. The van der Waals surface area contributed by atoms with Crippen LogP contribution >= 0.6 is 11.8 Å². The highest BCUT2D eigenvalue weighted by Gasteiger charge is 2.15. The highest BCUT2D eigenvalue weighted by atomic mass is 32.2. The van der Waals surface area contributed by atoms with E-state index in [0.717, 1.165) is 5.75 Å². The second kappa shape index (κ2) is 7.38. The summed E-state index contributed by atoms with van der Waals surface area (Å²) in [6, 6.07) is 0. The number of rotatable bonds is 6. The Balaban J connectivity index is 3.71. The molecule has 0 saturated heterocycles. The van der Waals surface area contributed by atoms with E-state index in [4.69, 9.17) is 0 Å². The molecule has 2 atom stereocenters. The summed E-state index contributed by atoms with van der Waals surface area (Å²) in [4.78, 5) is 11.0. The monoisotopic (exact) mass is 224 g/mol. The molecule has 0 aliphatic heterocycles. The van der Waals surface area contributed by atoms with Crippen molar-refractivity contribution in [1.29, 1.82) is 0 Å². The lowest BCUT2D eigenvalue weighted by Crippen LogP contribution is -2.21. The van der Waals surface area contributed by atoms with Crippen LogP contribution in [0.2, 0.25) is 0 Å². The van der Waals surface area contributed by atoms with Gasteiger partial charge in [-0.3, -0.25) is 9.00 Å². The molecule has 0 rings (SSSR count). The predicted octanol–water partition coefficient (Wildman–Crippen LogP) is 0.907. The number of ether oxygens (including phenoxy) is 1. The zero-order valence-corrected chi connectivity index (χ0v) is 9.87. The van der Waals surface area contributed by atoms with Gasteiger partial charge in [-0.1, -0.05) is 6.92 Å². The van der Waals surface area contributed by atoms with Crippen molar-refractivity contribution in [3.05, 3.63) is 0 Å². The van der Waals surface area contributed by atoms with E-state index in [1.165, 1.54) is 7.11 Å². The summed E-state index contributed by atoms with van der Waals surface area (Å²) >= 11 is 1.66. The van der Waals surface area contributed by atoms with Gasteiger partial charge < -0.3 is 4.74 Å². The van der Waals surface area contributed by atoms with E-state index >= 15 is 0 Å². The molecule has 5 heteroatoms. The first-order valence-electron chi connectivity index (χ1n) is 4.03. The van der Waals surface area contributed by atoms with E-state index in [9.17, 15) is 9.00 Å². The smallest absolute Gasteiger partial charge is 0.309 e. The fourth-order valence-corrected chi connectivity index (χ4v) is 3.08. The largest absolute Gasteiger partial charge is 0.469 e. The minimum Gasteiger partial charge on any atom is -0.469 e. The summed E-state index contributed by atoms with van der Waals surface area (Å²) in [5.74, 6) is 1.40. The maximum absolute atomic E-state index is 11.3. The van der Waals surface area contributed by atoms with E-state index in [1.54, 1.807) is 18.7 Å². The molecule has 3 nitrogen and oxygen atoms in total. The Hall–Kier alpha value is -0.0300. The molecule has 0 aliphatic rings. The van der Waals surface area contributed by atoms with Gasteiger partial charge in [-0.25, -0.2) is 0 Å². The lowest BCUT2D eigenvalue weighted by atomic mass is 10.2. The second-order valence-electron chi connectivity index (χ2n) is 2.73. The van der Waals surface area contributed by atoms with Gasteiger partial charge in [0, 0.05) is 28.1 Å². The van der Waals surface area contributed by atoms with Crippen molar-refractivity contribution in [3.8, 4) is 0 Å². The van der Waals surface area contributed by atoms with E-state index in [2.05, 4.69) is 4.74 Å². The zero-order valence-electron chi connectivity index (χ0n) is 8.24. The van der Waals surface area contributed by atoms with Crippen molar-refractivity contribution < 1.29 is 13.7 Å². The number of methoxy groups -OCH3 is 1. The molecule has 0 heterocycles. The molecule has 0 aromatic heterocycles. The predicted molar refractivity (Wildman–Crippen MR) is 57.4 cm³/mol. The number of esters is 1. The van der Waals surface area contributed by atoms with E-state index < -0.39 is 10.8 Å². The van der Waals surface area contributed by atoms with Crippen LogP contribution in [0.5, 0.6) is 0 Å². The molecule has 0 bridgehead atoms. The van der Waals surface area contributed by atoms with Crippen LogP contribution in [0, 0.1) is 5.92 Å². The topological polar surface area (TPSA) is 43.4 Å². The highest BCUT2D eigenvalue weighted by molar-refractivity contribution is 7.99. The number of carbonyl (C=O) groups excluding carboxylic acids is 1. The molecule has 78 valence electrons. The second-order valence-corrected chi connectivity index (χ2v) is 5.33. The van der Waals surface area contributed by atoms with Crippen molar-refractivity contribution >= 4 is 28.5 Å². The molecule has 13 heavy (non-hydrogen) atoms. The quantitative estimate of drug-likeness (QED) is 0.629. The third-order valence-corrected chi connectivity index (χ3v) is 3.96. The number of hydrogen-bond acceptors (Lipinski definition) is 4. The number of hydrogen-bond donors (Lipinski definition) is 0. The SMILES string of the molecule is COC(=O)C(C)CS(=O)CCSC. The Morgan fingerprint density at radius 2 is 2.23 bits per heavy atom. The molecular formula is C8H16O3S2. The Morgan fingerprint density at radius 3 is 2.69 bits per heavy atom. The third-order valence-electron chi connectivity index (χ3n) is 1.55. The van der Waals surface area contributed by atoms with E-state index in [-0.39, 0.29) is 11.9 Å². The van der Waals surface area contributed by atoms with Gasteiger partial charge in [0.1, 0.15) is 0 Å². The number of carbonyl (C=O) groups is 1. The van der Waals surface area contributed by atoms with Crippen molar-refractivity contribution in [1.82, 2.24) is 0 Å². The molecule has 2 unspecified atom stereocenters. The molecule has 0 amide bonds. The molecule has 0 N–H and O–H groups in total. The first-order chi connectivity index (χ1) is 6.11. The maximum Gasteiger partial charge on any atom is 0.309 e. The van der Waals surface area contributed by atoms with Crippen molar-refractivity contribution in [2.45, 2.75) is 6.92 Å². The average molecular weight is 224 g/mol. The van der Waals surface area contributed by atoms with Crippen molar-refractivity contribution in [2.75, 3.05) is 30.6 Å². The lowest BCUT2D eigenvalue weighted by molar-refractivity contribution is -0.144. The fraction of sp³-hybridized carbons (Fsp3) is 0.875. The number of thioether (sulfide) groups is 1. The van der Waals surface area contributed by atoms with Crippen molar-refractivity contribution in [2.24, 2.45) is 5.92 Å². The van der Waals surface area contributed by atoms with E-state index in [1.807, 2.05) is 6.26 Å². The molecule has 0 radical (unpaired) electrons. The molecular weight excluding hydrogens is 208 g/mol. The zero-order chi connectivity index (χ0) is 10.3. The molecule has 0 spiro atoms. The van der Waals surface area contributed by atoms with E-state index in [0.29, 0.717) is 11.5 Å². The van der Waals surface area contributed by atoms with Gasteiger partial charge >= 0.3 is 5.97 Å². The molecule has 0 aliphatic carbocycles. The molecule has 0 aromatic rings. The van der Waals surface area contributed by atoms with Crippen LogP contribution in [0.15, 0.2) is 0 Å². The Kier molecular flexibility index (Phi) is 7.36. The first kappa shape index (κ1) is 13.0. The van der Waals surface area contributed by atoms with Crippen LogP contribution in [-0.4, -0.2) is 40.8 Å². The molecule has 0 aromatic carbocycles.